The quantitative estimate of drug-likeness (QED) is 0.718. The van der Waals surface area contributed by atoms with Crippen molar-refractivity contribution in [2.45, 2.75) is 26.2 Å². The predicted molar refractivity (Wildman–Crippen MR) is 64.9 cm³/mol. The minimum Gasteiger partial charge on any atom is -0.367 e. The topological polar surface area (TPSA) is 15.8 Å². The third-order valence-electron chi connectivity index (χ3n) is 2.23. The standard InChI is InChI=1S/C12H15NS.H2/c1-12(2,3)11-5-4-10(14-11)9-6-7-13-8-9;/h4-8,13H,1-3H3;1H. The zero-order valence-corrected chi connectivity index (χ0v) is 9.61. The van der Waals surface area contributed by atoms with E-state index in [9.17, 15) is 0 Å². The molecule has 2 aromatic heterocycles. The van der Waals surface area contributed by atoms with Crippen LogP contribution in [0.5, 0.6) is 0 Å². The van der Waals surface area contributed by atoms with Gasteiger partial charge in [0.15, 0.2) is 0 Å². The van der Waals surface area contributed by atoms with Crippen molar-refractivity contribution in [2.24, 2.45) is 0 Å². The van der Waals surface area contributed by atoms with Gasteiger partial charge in [-0.3, -0.25) is 0 Å². The van der Waals surface area contributed by atoms with E-state index in [-0.39, 0.29) is 6.84 Å². The molecular weight excluding hydrogens is 190 g/mol. The first-order chi connectivity index (χ1) is 6.57. The Balaban J connectivity index is 0.00000112. The lowest BCUT2D eigenvalue weighted by atomic mass is 9.95. The fourth-order valence-electron chi connectivity index (χ4n) is 1.37. The second kappa shape index (κ2) is 3.28. The van der Waals surface area contributed by atoms with Crippen LogP contribution in [0, 0.1) is 0 Å². The third kappa shape index (κ3) is 1.75. The molecule has 2 heteroatoms. The van der Waals surface area contributed by atoms with Crippen LogP contribution < -0.4 is 0 Å². The number of thiophene rings is 1. The molecule has 0 saturated heterocycles. The van der Waals surface area contributed by atoms with Crippen molar-refractivity contribution in [3.8, 4) is 10.4 Å². The van der Waals surface area contributed by atoms with E-state index in [1.807, 2.05) is 23.7 Å². The van der Waals surface area contributed by atoms with Crippen molar-refractivity contribution in [3.05, 3.63) is 35.5 Å². The van der Waals surface area contributed by atoms with Gasteiger partial charge < -0.3 is 4.98 Å². The predicted octanol–water partition coefficient (Wildman–Crippen LogP) is 4.29. The van der Waals surface area contributed by atoms with Crippen LogP contribution in [0.15, 0.2) is 30.6 Å². The van der Waals surface area contributed by atoms with Crippen LogP contribution in [0.2, 0.25) is 0 Å². The minimum absolute atomic E-state index is 0. The molecule has 1 N–H and O–H groups in total. The maximum absolute atomic E-state index is 3.08. The van der Waals surface area contributed by atoms with Gasteiger partial charge in [-0.2, -0.15) is 0 Å². The number of aromatic nitrogens is 1. The summed E-state index contributed by atoms with van der Waals surface area (Å²) in [4.78, 5) is 5.87. The fourth-order valence-corrected chi connectivity index (χ4v) is 2.43. The Morgan fingerprint density at radius 1 is 1.21 bits per heavy atom. The summed E-state index contributed by atoms with van der Waals surface area (Å²) >= 11 is 1.88. The van der Waals surface area contributed by atoms with Crippen molar-refractivity contribution in [3.63, 3.8) is 0 Å². The molecule has 0 aliphatic heterocycles. The average molecular weight is 207 g/mol. The van der Waals surface area contributed by atoms with Crippen molar-refractivity contribution < 1.29 is 1.43 Å². The fraction of sp³-hybridized carbons (Fsp3) is 0.333. The summed E-state index contributed by atoms with van der Waals surface area (Å²) in [7, 11) is 0. The molecule has 0 spiro atoms. The molecule has 2 heterocycles. The van der Waals surface area contributed by atoms with Crippen molar-refractivity contribution >= 4 is 11.3 Å². The second-order valence-electron chi connectivity index (χ2n) is 4.51. The first-order valence-corrected chi connectivity index (χ1v) is 5.62. The molecule has 1 nitrogen and oxygen atoms in total. The lowest BCUT2D eigenvalue weighted by Gasteiger charge is -2.15. The van der Waals surface area contributed by atoms with E-state index in [2.05, 4.69) is 44.0 Å². The van der Waals surface area contributed by atoms with Crippen LogP contribution in [0.4, 0.5) is 0 Å². The maximum Gasteiger partial charge on any atom is 0.0361 e. The Morgan fingerprint density at radius 2 is 2.00 bits per heavy atom. The number of rotatable bonds is 1. The van der Waals surface area contributed by atoms with E-state index in [1.165, 1.54) is 15.3 Å². The summed E-state index contributed by atoms with van der Waals surface area (Å²) in [5, 5.41) is 0. The van der Waals surface area contributed by atoms with Crippen LogP contribution in [-0.2, 0) is 5.41 Å². The zero-order chi connectivity index (χ0) is 10.2. The SMILES string of the molecule is CC(C)(C)c1ccc(-c2cc[nH]c2)s1.[HH]. The summed E-state index contributed by atoms with van der Waals surface area (Å²) in [6.45, 7) is 6.75. The van der Waals surface area contributed by atoms with Gasteiger partial charge in [0.05, 0.1) is 0 Å². The molecule has 0 saturated carbocycles. The second-order valence-corrected chi connectivity index (χ2v) is 5.60. The smallest absolute Gasteiger partial charge is 0.0361 e. The first kappa shape index (κ1) is 9.53. The maximum atomic E-state index is 3.08. The molecule has 0 aliphatic rings. The van der Waals surface area contributed by atoms with Crippen LogP contribution in [0.1, 0.15) is 27.1 Å². The molecule has 0 amide bonds. The largest absolute Gasteiger partial charge is 0.367 e. The van der Waals surface area contributed by atoms with E-state index in [1.54, 1.807) is 0 Å². The highest BCUT2D eigenvalue weighted by Gasteiger charge is 2.16. The Bertz CT molecular complexity index is 409. The zero-order valence-electron chi connectivity index (χ0n) is 8.79. The van der Waals surface area contributed by atoms with Crippen LogP contribution in [0.25, 0.3) is 10.4 Å². The Morgan fingerprint density at radius 3 is 2.50 bits per heavy atom. The molecule has 0 bridgehead atoms. The van der Waals surface area contributed by atoms with Crippen molar-refractivity contribution in [1.82, 2.24) is 4.98 Å². The van der Waals surface area contributed by atoms with Crippen molar-refractivity contribution in [2.75, 3.05) is 0 Å². The minimum atomic E-state index is 0. The highest BCUT2D eigenvalue weighted by Crippen LogP contribution is 2.34. The van der Waals surface area contributed by atoms with E-state index in [0.717, 1.165) is 0 Å². The first-order valence-electron chi connectivity index (χ1n) is 4.81. The summed E-state index contributed by atoms with van der Waals surface area (Å²) in [5.41, 5.74) is 1.55. The van der Waals surface area contributed by atoms with E-state index in [4.69, 9.17) is 0 Å². The number of H-pyrrole nitrogens is 1. The van der Waals surface area contributed by atoms with Gasteiger partial charge in [0.1, 0.15) is 0 Å². The molecule has 0 atom stereocenters. The Hall–Kier alpha value is -1.02. The monoisotopic (exact) mass is 207 g/mol. The summed E-state index contributed by atoms with van der Waals surface area (Å²) in [6.07, 6.45) is 4.00. The molecule has 2 rings (SSSR count). The van der Waals surface area contributed by atoms with Crippen LogP contribution in [-0.4, -0.2) is 4.98 Å². The summed E-state index contributed by atoms with van der Waals surface area (Å²) in [5.74, 6) is 0. The number of hydrogen-bond donors (Lipinski definition) is 1. The van der Waals surface area contributed by atoms with Gasteiger partial charge in [-0.15, -0.1) is 11.3 Å². The summed E-state index contributed by atoms with van der Waals surface area (Å²) in [6, 6.07) is 6.54. The highest BCUT2D eigenvalue weighted by atomic mass is 32.1. The normalized spacial score (nSPS) is 11.9. The number of nitrogens with one attached hydrogen (secondary N) is 1. The molecule has 0 unspecified atom stereocenters. The van der Waals surface area contributed by atoms with Crippen LogP contribution >= 0.6 is 11.3 Å². The van der Waals surface area contributed by atoms with Crippen LogP contribution in [0.3, 0.4) is 0 Å². The number of aromatic amines is 1. The third-order valence-corrected chi connectivity index (χ3v) is 3.79. The van der Waals surface area contributed by atoms with Gasteiger partial charge in [0.25, 0.3) is 0 Å². The Labute approximate surface area is 90.3 Å². The molecule has 76 valence electrons. The number of hydrogen-bond acceptors (Lipinski definition) is 1. The van der Waals surface area contributed by atoms with Crippen molar-refractivity contribution in [1.29, 1.82) is 0 Å². The molecular formula is C12H17NS. The lowest BCUT2D eigenvalue weighted by Crippen LogP contribution is -2.07. The molecule has 0 aromatic carbocycles. The van der Waals surface area contributed by atoms with Gasteiger partial charge in [-0.25, -0.2) is 0 Å². The van der Waals surface area contributed by atoms with Gasteiger partial charge in [0.2, 0.25) is 0 Å². The van der Waals surface area contributed by atoms with Gasteiger partial charge >= 0.3 is 0 Å². The highest BCUT2D eigenvalue weighted by molar-refractivity contribution is 7.15. The average Bonchev–Trinajstić information content (AvgIpc) is 2.73. The van der Waals surface area contributed by atoms with E-state index < -0.39 is 0 Å². The molecule has 0 radical (unpaired) electrons. The molecule has 2 aromatic rings. The van der Waals surface area contributed by atoms with Gasteiger partial charge in [-0.1, -0.05) is 20.8 Å². The van der Waals surface area contributed by atoms with Gasteiger partial charge in [-0.05, 0) is 23.6 Å². The Kier molecular flexibility index (Phi) is 2.23. The molecule has 14 heavy (non-hydrogen) atoms. The van der Waals surface area contributed by atoms with E-state index >= 15 is 0 Å². The van der Waals surface area contributed by atoms with E-state index in [0.29, 0.717) is 0 Å². The molecule has 0 fully saturated rings. The lowest BCUT2D eigenvalue weighted by molar-refractivity contribution is 0.604. The summed E-state index contributed by atoms with van der Waals surface area (Å²) < 4.78 is 0. The van der Waals surface area contributed by atoms with Gasteiger partial charge in [0, 0.05) is 29.1 Å². The molecule has 0 aliphatic carbocycles.